The highest BCUT2D eigenvalue weighted by molar-refractivity contribution is 6.35. The molecule has 0 aliphatic carbocycles. The summed E-state index contributed by atoms with van der Waals surface area (Å²) in [5.41, 5.74) is 0. The zero-order valence-corrected chi connectivity index (χ0v) is 21.3. The summed E-state index contributed by atoms with van der Waals surface area (Å²) in [6, 6.07) is 0. The van der Waals surface area contributed by atoms with Crippen molar-refractivity contribution in [1.29, 1.82) is 0 Å². The molecule has 0 aromatic heterocycles. The van der Waals surface area contributed by atoms with Crippen LogP contribution in [0.2, 0.25) is 0 Å². The Kier molecular flexibility index (Phi) is 19.6. The quantitative estimate of drug-likeness (QED) is 0.135. The minimum absolute atomic E-state index is 0. The molecular weight excluding hydrogens is 488 g/mol. The van der Waals surface area contributed by atoms with Gasteiger partial charge in [-0.2, -0.15) is 0 Å². The molecule has 166 valence electrons. The first-order valence-electron chi connectivity index (χ1n) is 9.86. The second-order valence-corrected chi connectivity index (χ2v) is 6.85. The highest BCUT2D eigenvalue weighted by Gasteiger charge is 2.24. The highest BCUT2D eigenvalue weighted by Crippen LogP contribution is 2.06. The van der Waals surface area contributed by atoms with Gasteiger partial charge in [0.05, 0.1) is 65.4 Å². The van der Waals surface area contributed by atoms with Gasteiger partial charge in [0.2, 0.25) is 0 Å². The first kappa shape index (κ1) is 32.0. The van der Waals surface area contributed by atoms with Crippen molar-refractivity contribution in [2.24, 2.45) is 0 Å². The fraction of sp³-hybridized carbons (Fsp3) is 0.700. The number of quaternary nitrogens is 2. The summed E-state index contributed by atoms with van der Waals surface area (Å²) in [7, 11) is 0. The van der Waals surface area contributed by atoms with Crippen LogP contribution in [0.3, 0.4) is 0 Å². The average Bonchev–Trinajstić information content (AvgIpc) is 2.66. The first-order chi connectivity index (χ1) is 12.4. The van der Waals surface area contributed by atoms with Crippen LogP contribution in [0, 0.1) is 0 Å². The Morgan fingerprint density at radius 2 is 1.00 bits per heavy atom. The number of nitrogens with one attached hydrogen (secondary N) is 2. The van der Waals surface area contributed by atoms with Crippen molar-refractivity contribution in [3.05, 3.63) is 25.3 Å². The number of carbonyl (C=O) groups is 2. The maximum atomic E-state index is 12.0. The lowest BCUT2D eigenvalue weighted by molar-refractivity contribution is -0.918. The van der Waals surface area contributed by atoms with Crippen molar-refractivity contribution in [2.45, 2.75) is 27.7 Å². The highest BCUT2D eigenvalue weighted by atomic mass is 79.9. The number of likely N-dealkylation sites (N-methyl/N-ethyl adjacent to an activating group) is 2. The Balaban J connectivity index is -0.00000312. The van der Waals surface area contributed by atoms with Crippen LogP contribution in [0.15, 0.2) is 25.3 Å². The van der Waals surface area contributed by atoms with E-state index in [1.807, 2.05) is 12.2 Å². The minimum Gasteiger partial charge on any atom is -1.00 e. The predicted octanol–water partition coefficient (Wildman–Crippen LogP) is -4.69. The van der Waals surface area contributed by atoms with E-state index in [2.05, 4.69) is 51.5 Å². The molecule has 0 heterocycles. The van der Waals surface area contributed by atoms with Gasteiger partial charge in [-0.1, -0.05) is 13.2 Å². The number of nitrogens with zero attached hydrogens (tertiary/aromatic N) is 2. The molecule has 6 nitrogen and oxygen atoms in total. The zero-order valence-electron chi connectivity index (χ0n) is 18.1. The lowest BCUT2D eigenvalue weighted by Crippen LogP contribution is -3.00. The molecule has 0 aliphatic heterocycles. The average molecular weight is 528 g/mol. The van der Waals surface area contributed by atoms with Gasteiger partial charge in [0, 0.05) is 0 Å². The third-order valence-electron chi connectivity index (χ3n) is 5.67. The molecule has 0 saturated carbocycles. The van der Waals surface area contributed by atoms with Crippen molar-refractivity contribution in [1.82, 2.24) is 10.6 Å². The fourth-order valence-corrected chi connectivity index (χ4v) is 3.30. The SMILES string of the molecule is C=CC[N+](CC)(CC)CCNC(=O)C(=O)NCC[N+](CC)(CC)CC=C.[Br-].[Br-]. The van der Waals surface area contributed by atoms with Crippen LogP contribution in [0.1, 0.15) is 27.7 Å². The van der Waals surface area contributed by atoms with Crippen LogP contribution in [-0.4, -0.2) is 86.2 Å². The third-order valence-corrected chi connectivity index (χ3v) is 5.67. The van der Waals surface area contributed by atoms with E-state index in [-0.39, 0.29) is 34.0 Å². The van der Waals surface area contributed by atoms with Crippen LogP contribution in [0.5, 0.6) is 0 Å². The molecule has 0 saturated heterocycles. The monoisotopic (exact) mass is 526 g/mol. The topological polar surface area (TPSA) is 58.2 Å². The minimum atomic E-state index is -0.552. The first-order valence-corrected chi connectivity index (χ1v) is 9.86. The van der Waals surface area contributed by atoms with Gasteiger partial charge in [0.1, 0.15) is 0 Å². The number of hydrogen-bond acceptors (Lipinski definition) is 2. The third kappa shape index (κ3) is 10.7. The predicted molar refractivity (Wildman–Crippen MR) is 109 cm³/mol. The van der Waals surface area contributed by atoms with Gasteiger partial charge in [-0.15, -0.1) is 0 Å². The van der Waals surface area contributed by atoms with Gasteiger partial charge in [0.25, 0.3) is 0 Å². The molecule has 0 aromatic rings. The van der Waals surface area contributed by atoms with Gasteiger partial charge in [0.15, 0.2) is 0 Å². The summed E-state index contributed by atoms with van der Waals surface area (Å²) < 4.78 is 1.72. The Morgan fingerprint density at radius 3 is 1.21 bits per heavy atom. The number of amides is 2. The summed E-state index contributed by atoms with van der Waals surface area (Å²) in [6.07, 6.45) is 3.83. The second-order valence-electron chi connectivity index (χ2n) is 6.85. The molecule has 2 N–H and O–H groups in total. The molecule has 0 atom stereocenters. The molecule has 0 unspecified atom stereocenters. The van der Waals surface area contributed by atoms with Crippen LogP contribution in [0.25, 0.3) is 0 Å². The van der Waals surface area contributed by atoms with Crippen LogP contribution in [0.4, 0.5) is 0 Å². The van der Waals surface area contributed by atoms with Crippen molar-refractivity contribution < 1.29 is 52.5 Å². The van der Waals surface area contributed by atoms with Gasteiger partial charge in [-0.05, 0) is 39.8 Å². The molecular formula is C20H40Br2N4O2. The standard InChI is InChI=1S/C20H38N4O2.2BrH/c1-7-15-23(9-3,10-4)17-13-21-19(25)20(26)22-14-18-24(11-5,12-6)16-8-2;;/h7-8H,1-2,9-18H2,3-6H3;2*1H. The van der Waals surface area contributed by atoms with E-state index in [0.717, 1.165) is 61.3 Å². The summed E-state index contributed by atoms with van der Waals surface area (Å²) in [5, 5.41) is 5.49. The maximum Gasteiger partial charge on any atom is 0.309 e. The van der Waals surface area contributed by atoms with Crippen molar-refractivity contribution >= 4 is 11.8 Å². The molecule has 0 rings (SSSR count). The normalized spacial score (nSPS) is 10.9. The Labute approximate surface area is 193 Å². The molecule has 28 heavy (non-hydrogen) atoms. The van der Waals surface area contributed by atoms with E-state index in [4.69, 9.17) is 0 Å². The molecule has 0 spiro atoms. The smallest absolute Gasteiger partial charge is 0.309 e. The van der Waals surface area contributed by atoms with E-state index in [1.54, 1.807) is 0 Å². The summed E-state index contributed by atoms with van der Waals surface area (Å²) in [6.45, 7) is 24.4. The van der Waals surface area contributed by atoms with Crippen LogP contribution in [-0.2, 0) is 9.59 Å². The molecule has 0 bridgehead atoms. The number of halogens is 2. The lowest BCUT2D eigenvalue weighted by Gasteiger charge is -2.36. The second kappa shape index (κ2) is 17.2. The van der Waals surface area contributed by atoms with Crippen LogP contribution >= 0.6 is 0 Å². The largest absolute Gasteiger partial charge is 1.00 e. The Hall–Kier alpha value is -0.700. The molecule has 0 aromatic carbocycles. The van der Waals surface area contributed by atoms with E-state index in [1.165, 1.54) is 0 Å². The molecule has 0 aliphatic rings. The summed E-state index contributed by atoms with van der Waals surface area (Å²) in [4.78, 5) is 24.0. The Bertz CT molecular complexity index is 423. The molecule has 0 radical (unpaired) electrons. The molecule has 0 fully saturated rings. The lowest BCUT2D eigenvalue weighted by atomic mass is 10.3. The number of rotatable bonds is 14. The van der Waals surface area contributed by atoms with Gasteiger partial charge < -0.3 is 53.6 Å². The van der Waals surface area contributed by atoms with E-state index in [9.17, 15) is 9.59 Å². The van der Waals surface area contributed by atoms with Gasteiger partial charge in [-0.3, -0.25) is 9.59 Å². The Morgan fingerprint density at radius 1 is 0.714 bits per heavy atom. The van der Waals surface area contributed by atoms with Crippen molar-refractivity contribution in [2.75, 3.05) is 65.4 Å². The van der Waals surface area contributed by atoms with E-state index in [0.29, 0.717) is 13.1 Å². The van der Waals surface area contributed by atoms with Crippen LogP contribution < -0.4 is 44.6 Å². The summed E-state index contributed by atoms with van der Waals surface area (Å²) in [5.74, 6) is -1.10. The van der Waals surface area contributed by atoms with Crippen molar-refractivity contribution in [3.63, 3.8) is 0 Å². The van der Waals surface area contributed by atoms with E-state index < -0.39 is 11.8 Å². The maximum absolute atomic E-state index is 12.0. The van der Waals surface area contributed by atoms with Gasteiger partial charge in [-0.25, -0.2) is 0 Å². The van der Waals surface area contributed by atoms with E-state index >= 15 is 0 Å². The van der Waals surface area contributed by atoms with Gasteiger partial charge >= 0.3 is 11.8 Å². The summed E-state index contributed by atoms with van der Waals surface area (Å²) >= 11 is 0. The fourth-order valence-electron chi connectivity index (χ4n) is 3.30. The van der Waals surface area contributed by atoms with Crippen molar-refractivity contribution in [3.8, 4) is 0 Å². The molecule has 8 heteroatoms. The number of hydrogen-bond donors (Lipinski definition) is 2. The molecule has 2 amide bonds. The zero-order chi connectivity index (χ0) is 20.1. The number of carbonyl (C=O) groups excluding carboxylic acids is 2.